The van der Waals surface area contributed by atoms with Gasteiger partial charge in [0.05, 0.1) is 25.7 Å². The minimum absolute atomic E-state index is 0.135. The Morgan fingerprint density at radius 1 is 1.36 bits per heavy atom. The van der Waals surface area contributed by atoms with Gasteiger partial charge in [-0.3, -0.25) is 9.89 Å². The average Bonchev–Trinajstić information content (AvgIpc) is 3.16. The summed E-state index contributed by atoms with van der Waals surface area (Å²) in [5.41, 5.74) is 0.980. The molecular weight excluding hydrogens is 320 g/mol. The fourth-order valence-corrected chi connectivity index (χ4v) is 3.44. The Balaban J connectivity index is 1.51. The van der Waals surface area contributed by atoms with Gasteiger partial charge in [0.2, 0.25) is 5.91 Å². The lowest BCUT2D eigenvalue weighted by Gasteiger charge is -2.35. The molecule has 1 N–H and O–H groups in total. The molecule has 1 aromatic carbocycles. The predicted molar refractivity (Wildman–Crippen MR) is 90.3 cm³/mol. The Morgan fingerprint density at radius 3 is 3.08 bits per heavy atom. The second kappa shape index (κ2) is 6.84. The molecule has 1 fully saturated rings. The van der Waals surface area contributed by atoms with Gasteiger partial charge >= 0.3 is 0 Å². The molecule has 0 bridgehead atoms. The van der Waals surface area contributed by atoms with Crippen LogP contribution in [0.5, 0.6) is 5.75 Å². The van der Waals surface area contributed by atoms with E-state index in [0.717, 1.165) is 23.6 Å². The van der Waals surface area contributed by atoms with Crippen LogP contribution >= 0.6 is 0 Å². The van der Waals surface area contributed by atoms with Crippen LogP contribution in [0.15, 0.2) is 24.3 Å². The van der Waals surface area contributed by atoms with Crippen LogP contribution in [0.2, 0.25) is 0 Å². The number of hydrogen-bond acceptors (Lipinski definition) is 5. The molecule has 7 nitrogen and oxygen atoms in total. The van der Waals surface area contributed by atoms with Crippen molar-refractivity contribution in [3.8, 4) is 5.75 Å². The van der Waals surface area contributed by atoms with Crippen molar-refractivity contribution in [1.29, 1.82) is 0 Å². The number of nitrogens with one attached hydrogen (secondary N) is 1. The van der Waals surface area contributed by atoms with Crippen molar-refractivity contribution in [2.45, 2.75) is 31.8 Å². The zero-order chi connectivity index (χ0) is 17.2. The number of nitrogens with zero attached hydrogens (tertiary/aromatic N) is 3. The van der Waals surface area contributed by atoms with E-state index in [0.29, 0.717) is 38.5 Å². The molecule has 2 atom stereocenters. The van der Waals surface area contributed by atoms with E-state index in [1.165, 1.54) is 0 Å². The Hall–Kier alpha value is -2.41. The summed E-state index contributed by atoms with van der Waals surface area (Å²) in [6.07, 6.45) is 1.23. The van der Waals surface area contributed by atoms with Crippen LogP contribution in [0.4, 0.5) is 0 Å². The summed E-state index contributed by atoms with van der Waals surface area (Å²) in [5.74, 6) is 2.26. The molecule has 0 unspecified atom stereocenters. The van der Waals surface area contributed by atoms with E-state index >= 15 is 0 Å². The van der Waals surface area contributed by atoms with E-state index in [1.807, 2.05) is 36.1 Å². The number of ether oxygens (including phenoxy) is 2. The van der Waals surface area contributed by atoms with E-state index < -0.39 is 0 Å². The summed E-state index contributed by atoms with van der Waals surface area (Å²) < 4.78 is 11.5. The molecule has 0 radical (unpaired) electrons. The molecule has 1 saturated heterocycles. The van der Waals surface area contributed by atoms with Gasteiger partial charge < -0.3 is 14.4 Å². The van der Waals surface area contributed by atoms with Crippen molar-refractivity contribution in [3.63, 3.8) is 0 Å². The molecule has 7 heteroatoms. The highest BCUT2D eigenvalue weighted by Gasteiger charge is 2.34. The van der Waals surface area contributed by atoms with Gasteiger partial charge in [-0.2, -0.15) is 5.10 Å². The molecule has 4 rings (SSSR count). The first-order valence-corrected chi connectivity index (χ1v) is 8.79. The Bertz CT molecular complexity index is 760. The lowest BCUT2D eigenvalue weighted by Crippen LogP contribution is -2.45. The van der Waals surface area contributed by atoms with E-state index in [1.54, 1.807) is 0 Å². The maximum absolute atomic E-state index is 13.1. The summed E-state index contributed by atoms with van der Waals surface area (Å²) in [6, 6.07) is 7.80. The molecule has 0 spiro atoms. The SMILES string of the molecule is CCc1nc([C@H]2CN(C(=O)[C@H]3CCOc4ccccc43)CCO2)n[nH]1. The van der Waals surface area contributed by atoms with Crippen LogP contribution in [0.25, 0.3) is 0 Å². The molecule has 2 aliphatic heterocycles. The number of benzene rings is 1. The van der Waals surface area contributed by atoms with Crippen LogP contribution in [0, 0.1) is 0 Å². The number of aryl methyl sites for hydroxylation is 1. The van der Waals surface area contributed by atoms with Gasteiger partial charge in [-0.15, -0.1) is 0 Å². The number of carbonyl (C=O) groups is 1. The first-order valence-electron chi connectivity index (χ1n) is 8.79. The maximum atomic E-state index is 13.1. The number of morpholine rings is 1. The number of carbonyl (C=O) groups excluding carboxylic acids is 1. The molecule has 25 heavy (non-hydrogen) atoms. The summed E-state index contributed by atoms with van der Waals surface area (Å²) in [7, 11) is 0. The van der Waals surface area contributed by atoms with E-state index in [-0.39, 0.29) is 17.9 Å². The maximum Gasteiger partial charge on any atom is 0.230 e. The van der Waals surface area contributed by atoms with Gasteiger partial charge in [-0.05, 0) is 12.5 Å². The Labute approximate surface area is 146 Å². The van der Waals surface area contributed by atoms with Crippen molar-refractivity contribution in [3.05, 3.63) is 41.5 Å². The van der Waals surface area contributed by atoms with Crippen LogP contribution < -0.4 is 4.74 Å². The zero-order valence-electron chi connectivity index (χ0n) is 14.3. The second-order valence-corrected chi connectivity index (χ2v) is 6.37. The quantitative estimate of drug-likeness (QED) is 0.920. The van der Waals surface area contributed by atoms with Crippen LogP contribution in [0.1, 0.15) is 42.6 Å². The Kier molecular flexibility index (Phi) is 4.40. The van der Waals surface area contributed by atoms with Gasteiger partial charge in [0.1, 0.15) is 17.7 Å². The highest BCUT2D eigenvalue weighted by molar-refractivity contribution is 5.85. The predicted octanol–water partition coefficient (Wildman–Crippen LogP) is 1.83. The summed E-state index contributed by atoms with van der Waals surface area (Å²) >= 11 is 0. The van der Waals surface area contributed by atoms with Gasteiger partial charge in [0.25, 0.3) is 0 Å². The number of H-pyrrole nitrogens is 1. The molecule has 3 heterocycles. The van der Waals surface area contributed by atoms with Crippen LogP contribution in [-0.4, -0.2) is 52.3 Å². The topological polar surface area (TPSA) is 80.3 Å². The number of aromatic amines is 1. The summed E-state index contributed by atoms with van der Waals surface area (Å²) in [4.78, 5) is 19.4. The Morgan fingerprint density at radius 2 is 2.24 bits per heavy atom. The third kappa shape index (κ3) is 3.11. The van der Waals surface area contributed by atoms with Gasteiger partial charge in [-0.1, -0.05) is 25.1 Å². The highest BCUT2D eigenvalue weighted by atomic mass is 16.5. The minimum Gasteiger partial charge on any atom is -0.493 e. The van der Waals surface area contributed by atoms with Gasteiger partial charge in [0, 0.05) is 18.5 Å². The largest absolute Gasteiger partial charge is 0.493 e. The number of amides is 1. The van der Waals surface area contributed by atoms with Crippen molar-refractivity contribution < 1.29 is 14.3 Å². The van der Waals surface area contributed by atoms with Crippen LogP contribution in [-0.2, 0) is 16.0 Å². The third-order valence-electron chi connectivity index (χ3n) is 4.81. The molecular formula is C18H22N4O3. The highest BCUT2D eigenvalue weighted by Crippen LogP contribution is 2.35. The normalized spacial score (nSPS) is 23.0. The molecule has 2 aromatic rings. The fourth-order valence-electron chi connectivity index (χ4n) is 3.44. The summed E-state index contributed by atoms with van der Waals surface area (Å²) in [6.45, 7) is 4.17. The molecule has 132 valence electrons. The lowest BCUT2D eigenvalue weighted by atomic mass is 9.91. The van der Waals surface area contributed by atoms with Crippen molar-refractivity contribution in [2.24, 2.45) is 0 Å². The smallest absolute Gasteiger partial charge is 0.230 e. The third-order valence-corrected chi connectivity index (χ3v) is 4.81. The lowest BCUT2D eigenvalue weighted by molar-refractivity contribution is -0.141. The van der Waals surface area contributed by atoms with Gasteiger partial charge in [-0.25, -0.2) is 4.98 Å². The first-order chi connectivity index (χ1) is 12.3. The minimum atomic E-state index is -0.274. The van der Waals surface area contributed by atoms with E-state index in [4.69, 9.17) is 9.47 Å². The molecule has 0 saturated carbocycles. The average molecular weight is 342 g/mol. The molecule has 0 aliphatic carbocycles. The summed E-state index contributed by atoms with van der Waals surface area (Å²) in [5, 5.41) is 7.15. The number of aromatic nitrogens is 3. The zero-order valence-corrected chi connectivity index (χ0v) is 14.3. The van der Waals surface area contributed by atoms with Crippen molar-refractivity contribution in [2.75, 3.05) is 26.3 Å². The van der Waals surface area contributed by atoms with Crippen molar-refractivity contribution >= 4 is 5.91 Å². The van der Waals surface area contributed by atoms with E-state index in [2.05, 4.69) is 15.2 Å². The number of para-hydroxylation sites is 1. The number of hydrogen-bond donors (Lipinski definition) is 1. The van der Waals surface area contributed by atoms with Gasteiger partial charge in [0.15, 0.2) is 5.82 Å². The monoisotopic (exact) mass is 342 g/mol. The molecule has 2 aliphatic rings. The van der Waals surface area contributed by atoms with Crippen LogP contribution in [0.3, 0.4) is 0 Å². The molecule has 1 aromatic heterocycles. The number of fused-ring (bicyclic) bond motifs is 1. The number of rotatable bonds is 3. The first kappa shape index (κ1) is 16.1. The molecule has 1 amide bonds. The standard InChI is InChI=1S/C18H22N4O3/c1-2-16-19-17(21-20-16)15-11-22(8-10-25-15)18(23)13-7-9-24-14-6-4-3-5-12(13)14/h3-6,13,15H,2,7-11H2,1H3,(H,19,20,21)/t13-,15+/m0/s1. The van der Waals surface area contributed by atoms with E-state index in [9.17, 15) is 4.79 Å². The fraction of sp³-hybridized carbons (Fsp3) is 0.500. The second-order valence-electron chi connectivity index (χ2n) is 6.37. The van der Waals surface area contributed by atoms with Crippen molar-refractivity contribution in [1.82, 2.24) is 20.1 Å².